The standard InChI is InChI=1S/C40H40F18N6O6P4/c41-35(42,43)25-65-71(63(21-31-13-5-1-6-14-31)22-32-15-7-2-8-16-32)59-73(67-27-37(47,48)49,68-28-38(50,51)52)61-72(66-26-36(44,45)46,62-74(60-71,69-29-39(53,54)55)70-30-40(56,57)58)64(23-33-17-9-3-10-18-33)24-34-19-11-4-12-20-34/h1-20H,21-30H2/t71-,72-. The van der Waals surface area contributed by atoms with E-state index in [1.54, 1.807) is 0 Å². The fraction of sp³-hybridized carbons (Fsp3) is 0.400. The monoisotopic (exact) mass is 1170 g/mol. The van der Waals surface area contributed by atoms with Gasteiger partial charge in [0.2, 0.25) is 0 Å². The van der Waals surface area contributed by atoms with E-state index >= 15 is 0 Å². The van der Waals surface area contributed by atoms with E-state index in [1.165, 1.54) is 121 Å². The Hall–Kier alpha value is -3.78. The molecule has 5 rings (SSSR count). The molecule has 0 saturated carbocycles. The zero-order valence-electron chi connectivity index (χ0n) is 37.3. The maximum absolute atomic E-state index is 14.7. The number of benzene rings is 4. The lowest BCUT2D eigenvalue weighted by molar-refractivity contribution is -0.164. The molecule has 1 aliphatic heterocycles. The van der Waals surface area contributed by atoms with Crippen LogP contribution in [0.4, 0.5) is 79.0 Å². The summed E-state index contributed by atoms with van der Waals surface area (Å²) < 4.78 is 309. The molecule has 0 spiro atoms. The second-order valence-electron chi connectivity index (χ2n) is 15.3. The van der Waals surface area contributed by atoms with Crippen LogP contribution in [0, 0.1) is 0 Å². The molecule has 0 fully saturated rings. The van der Waals surface area contributed by atoms with Gasteiger partial charge in [-0.3, -0.25) is 18.1 Å². The Bertz CT molecular complexity index is 2340. The van der Waals surface area contributed by atoms with E-state index in [0.29, 0.717) is 9.34 Å². The molecule has 2 atom stereocenters. The Balaban J connectivity index is 2.19. The first-order valence-electron chi connectivity index (χ1n) is 20.7. The summed E-state index contributed by atoms with van der Waals surface area (Å²) >= 11 is 0. The van der Waals surface area contributed by atoms with Gasteiger partial charge in [0.1, 0.15) is 0 Å². The van der Waals surface area contributed by atoms with Gasteiger partial charge in [0.15, 0.2) is 39.6 Å². The fourth-order valence-corrected chi connectivity index (χ4v) is 20.7. The minimum atomic E-state index is -6.63. The molecule has 4 aromatic carbocycles. The Labute approximate surface area is 409 Å². The molecule has 34 heteroatoms. The quantitative estimate of drug-likeness (QED) is 0.0565. The van der Waals surface area contributed by atoms with Crippen LogP contribution in [-0.4, -0.2) is 86.0 Å². The third-order valence-corrected chi connectivity index (χ3v) is 21.1. The SMILES string of the molecule is FC(F)(F)COP1(OCC(F)(F)F)=N[P@](OCC(F)(F)F)(N(Cc2ccccc2)Cc2ccccc2)=NP(OCC(F)(F)F)(OCC(F)(F)F)=N[P@@](OCC(F)(F)F)(N(Cc2ccccc2)Cc2ccccc2)=N1. The first-order valence-corrected chi connectivity index (χ1v) is 26.9. The van der Waals surface area contributed by atoms with Gasteiger partial charge in [0.05, 0.1) is 0 Å². The number of alkyl halides is 18. The summed E-state index contributed by atoms with van der Waals surface area (Å²) in [6.07, 6.45) is -34.3. The highest BCUT2D eigenvalue weighted by Gasteiger charge is 2.52. The molecule has 4 aromatic rings. The average Bonchev–Trinajstić information content (AvgIpc) is 3.29. The summed E-state index contributed by atoms with van der Waals surface area (Å²) in [5.41, 5.74) is -0.279. The van der Waals surface area contributed by atoms with E-state index in [-0.39, 0.29) is 22.3 Å². The smallest absolute Gasteiger partial charge is 0.306 e. The lowest BCUT2D eigenvalue weighted by atomic mass is 10.2. The summed E-state index contributed by atoms with van der Waals surface area (Å²) in [7, 11) is -25.9. The molecule has 0 amide bonds. The lowest BCUT2D eigenvalue weighted by Crippen LogP contribution is -2.27. The van der Waals surface area contributed by atoms with Crippen molar-refractivity contribution >= 4 is 30.5 Å². The van der Waals surface area contributed by atoms with Gasteiger partial charge in [-0.05, 0) is 22.3 Å². The van der Waals surface area contributed by atoms with E-state index in [4.69, 9.17) is 27.1 Å². The molecule has 0 bridgehead atoms. The predicted molar refractivity (Wildman–Crippen MR) is 234 cm³/mol. The molecule has 74 heavy (non-hydrogen) atoms. The first kappa shape index (κ1) is 61.1. The van der Waals surface area contributed by atoms with Crippen molar-refractivity contribution in [2.45, 2.75) is 63.2 Å². The van der Waals surface area contributed by atoms with Crippen LogP contribution >= 0.6 is 30.5 Å². The zero-order chi connectivity index (χ0) is 54.7. The Kier molecular flexibility index (Phi) is 20.4. The number of nitrogens with zero attached hydrogens (tertiary/aromatic N) is 6. The normalized spacial score (nSPS) is 19.7. The van der Waals surface area contributed by atoms with E-state index in [1.807, 2.05) is 0 Å². The maximum Gasteiger partial charge on any atom is 0.412 e. The van der Waals surface area contributed by atoms with Crippen LogP contribution < -0.4 is 0 Å². The summed E-state index contributed by atoms with van der Waals surface area (Å²) in [6.45, 7) is -20.9. The molecule has 12 nitrogen and oxygen atoms in total. The van der Waals surface area contributed by atoms with Crippen molar-refractivity contribution in [2.75, 3.05) is 39.6 Å². The molecule has 1 heterocycles. The highest BCUT2D eigenvalue weighted by atomic mass is 31.3. The molecular formula is C40H40F18N6O6P4. The van der Waals surface area contributed by atoms with Gasteiger partial charge >= 0.3 is 52.4 Å². The fourth-order valence-electron chi connectivity index (χ4n) is 6.04. The van der Waals surface area contributed by atoms with E-state index in [9.17, 15) is 79.0 Å². The molecule has 0 radical (unpaired) electrons. The van der Waals surface area contributed by atoms with Crippen LogP contribution in [0.25, 0.3) is 0 Å². The number of rotatable bonds is 22. The molecular weight excluding hydrogens is 1130 g/mol. The second kappa shape index (κ2) is 24.7. The first-order chi connectivity index (χ1) is 34.2. The molecule has 0 unspecified atom stereocenters. The molecule has 0 aromatic heterocycles. The molecule has 0 aliphatic carbocycles. The van der Waals surface area contributed by atoms with Gasteiger partial charge in [-0.2, -0.15) is 97.1 Å². The van der Waals surface area contributed by atoms with Gasteiger partial charge < -0.3 is 9.05 Å². The largest absolute Gasteiger partial charge is 0.412 e. The van der Waals surface area contributed by atoms with Crippen molar-refractivity contribution in [3.8, 4) is 0 Å². The summed E-state index contributed by atoms with van der Waals surface area (Å²) in [6, 6.07) is 25.7. The van der Waals surface area contributed by atoms with E-state index < -0.39 is 133 Å². The van der Waals surface area contributed by atoms with Gasteiger partial charge in [-0.25, -0.2) is 9.34 Å². The Morgan fingerprint density at radius 1 is 0.284 bits per heavy atom. The van der Waals surface area contributed by atoms with Crippen LogP contribution in [0.5, 0.6) is 0 Å². The number of hydrogen-bond acceptors (Lipinski definition) is 12. The van der Waals surface area contributed by atoms with Crippen LogP contribution in [0.15, 0.2) is 139 Å². The van der Waals surface area contributed by atoms with Gasteiger partial charge in [-0.15, -0.1) is 0 Å². The second-order valence-corrected chi connectivity index (χ2v) is 24.8. The topological polar surface area (TPSA) is 111 Å². The van der Waals surface area contributed by atoms with Gasteiger partial charge in [-0.1, -0.05) is 121 Å². The van der Waals surface area contributed by atoms with E-state index in [2.05, 4.69) is 18.1 Å². The van der Waals surface area contributed by atoms with Crippen LogP contribution in [0.2, 0.25) is 0 Å². The highest BCUT2D eigenvalue weighted by Crippen LogP contribution is 2.83. The van der Waals surface area contributed by atoms with Gasteiger partial charge in [0.25, 0.3) is 15.2 Å². The van der Waals surface area contributed by atoms with Crippen LogP contribution in [0.3, 0.4) is 0 Å². The number of hydrogen-bond donors (Lipinski definition) is 0. The summed E-state index contributed by atoms with van der Waals surface area (Å²) in [4.78, 5) is 0. The third kappa shape index (κ3) is 20.6. The average molecular weight is 1170 g/mol. The highest BCUT2D eigenvalue weighted by molar-refractivity contribution is 7.79. The summed E-state index contributed by atoms with van der Waals surface area (Å²) in [5, 5.41) is 0. The maximum atomic E-state index is 14.7. The minimum Gasteiger partial charge on any atom is -0.306 e. The van der Waals surface area contributed by atoms with Crippen LogP contribution in [0.1, 0.15) is 22.3 Å². The summed E-state index contributed by atoms with van der Waals surface area (Å²) in [5.74, 6) is 0. The minimum absolute atomic E-state index is 0.0697. The molecule has 0 saturated heterocycles. The van der Waals surface area contributed by atoms with Crippen molar-refractivity contribution < 1.29 is 106 Å². The predicted octanol–water partition coefficient (Wildman–Crippen LogP) is 16.7. The Morgan fingerprint density at radius 3 is 0.662 bits per heavy atom. The molecule has 1 aliphatic rings. The Morgan fingerprint density at radius 2 is 0.473 bits per heavy atom. The van der Waals surface area contributed by atoms with Crippen molar-refractivity contribution in [1.82, 2.24) is 9.34 Å². The molecule has 0 N–H and O–H groups in total. The third-order valence-electron chi connectivity index (χ3n) is 8.88. The van der Waals surface area contributed by atoms with Crippen molar-refractivity contribution in [3.05, 3.63) is 144 Å². The van der Waals surface area contributed by atoms with Crippen molar-refractivity contribution in [2.24, 2.45) is 18.1 Å². The van der Waals surface area contributed by atoms with E-state index in [0.717, 1.165) is 0 Å². The molecule has 412 valence electrons. The number of halogens is 18. The van der Waals surface area contributed by atoms with Crippen molar-refractivity contribution in [3.63, 3.8) is 0 Å². The van der Waals surface area contributed by atoms with Crippen molar-refractivity contribution in [1.29, 1.82) is 0 Å². The van der Waals surface area contributed by atoms with Crippen LogP contribution in [-0.2, 0) is 53.3 Å². The lowest BCUT2D eigenvalue weighted by Gasteiger charge is -2.40. The zero-order valence-corrected chi connectivity index (χ0v) is 40.9. The van der Waals surface area contributed by atoms with Gasteiger partial charge in [0, 0.05) is 26.2 Å².